The smallest absolute Gasteiger partial charge is 0.321 e. The molecule has 0 aromatic heterocycles. The summed E-state index contributed by atoms with van der Waals surface area (Å²) in [7, 11) is 0. The average molecular weight is 171 g/mol. The zero-order chi connectivity index (χ0) is 9.57. The normalized spacial score (nSPS) is 23.3. The van der Waals surface area contributed by atoms with Crippen LogP contribution in [-0.4, -0.2) is 17.1 Å². The van der Waals surface area contributed by atoms with E-state index in [4.69, 9.17) is 10.8 Å². The van der Waals surface area contributed by atoms with Gasteiger partial charge < -0.3 is 10.8 Å². The summed E-state index contributed by atoms with van der Waals surface area (Å²) >= 11 is 0. The van der Waals surface area contributed by atoms with Crippen molar-refractivity contribution in [3.63, 3.8) is 0 Å². The van der Waals surface area contributed by atoms with E-state index in [9.17, 15) is 4.79 Å². The number of rotatable bonds is 3. The Bertz CT molecular complexity index is 207. The van der Waals surface area contributed by atoms with Crippen molar-refractivity contribution in [3.8, 4) is 0 Å². The molecule has 70 valence electrons. The van der Waals surface area contributed by atoms with E-state index in [0.717, 1.165) is 12.8 Å². The first-order chi connectivity index (χ1) is 5.31. The van der Waals surface area contributed by atoms with E-state index in [-0.39, 0.29) is 10.8 Å². The van der Waals surface area contributed by atoms with Crippen molar-refractivity contribution in [2.45, 2.75) is 39.7 Å². The Labute approximate surface area is 72.9 Å². The molecule has 0 radical (unpaired) electrons. The van der Waals surface area contributed by atoms with Crippen molar-refractivity contribution in [2.75, 3.05) is 0 Å². The molecule has 0 amide bonds. The molecule has 1 atom stereocenters. The van der Waals surface area contributed by atoms with Gasteiger partial charge in [-0.15, -0.1) is 0 Å². The summed E-state index contributed by atoms with van der Waals surface area (Å²) < 4.78 is 0. The molecule has 3 nitrogen and oxygen atoms in total. The number of hydrogen-bond acceptors (Lipinski definition) is 2. The first kappa shape index (κ1) is 9.52. The average Bonchev–Trinajstić information content (AvgIpc) is 2.67. The Balaban J connectivity index is 2.77. The number of carboxylic acids is 1. The van der Waals surface area contributed by atoms with E-state index in [1.165, 1.54) is 0 Å². The van der Waals surface area contributed by atoms with Crippen molar-refractivity contribution >= 4 is 5.97 Å². The molecule has 0 saturated heterocycles. The Morgan fingerprint density at radius 3 is 2.25 bits per heavy atom. The Kier molecular flexibility index (Phi) is 1.95. The Hall–Kier alpha value is -0.570. The second kappa shape index (κ2) is 2.46. The summed E-state index contributed by atoms with van der Waals surface area (Å²) in [6.45, 7) is 5.99. The first-order valence-corrected chi connectivity index (χ1v) is 4.30. The molecule has 1 aliphatic rings. The van der Waals surface area contributed by atoms with Crippen molar-refractivity contribution in [1.29, 1.82) is 0 Å². The van der Waals surface area contributed by atoms with Crippen LogP contribution in [-0.2, 0) is 4.79 Å². The SMILES string of the molecule is CC1(C(C)(C)C(N)C(=O)O)CC1. The molecule has 1 saturated carbocycles. The molecule has 1 rings (SSSR count). The van der Waals surface area contributed by atoms with E-state index >= 15 is 0 Å². The van der Waals surface area contributed by atoms with Crippen molar-refractivity contribution < 1.29 is 9.90 Å². The fourth-order valence-electron chi connectivity index (χ4n) is 1.52. The molecule has 12 heavy (non-hydrogen) atoms. The van der Waals surface area contributed by atoms with Crippen LogP contribution in [0.4, 0.5) is 0 Å². The second-order valence-electron chi connectivity index (χ2n) is 4.60. The lowest BCUT2D eigenvalue weighted by Gasteiger charge is -2.35. The van der Waals surface area contributed by atoms with Crippen LogP contribution in [0.15, 0.2) is 0 Å². The highest BCUT2D eigenvalue weighted by atomic mass is 16.4. The number of carboxylic acid groups (broad SMARTS) is 1. The van der Waals surface area contributed by atoms with Gasteiger partial charge in [-0.25, -0.2) is 0 Å². The van der Waals surface area contributed by atoms with Crippen LogP contribution < -0.4 is 5.73 Å². The topological polar surface area (TPSA) is 63.3 Å². The summed E-state index contributed by atoms with van der Waals surface area (Å²) in [5.41, 5.74) is 5.47. The highest BCUT2D eigenvalue weighted by molar-refractivity contribution is 5.74. The van der Waals surface area contributed by atoms with E-state index in [0.29, 0.717) is 0 Å². The molecule has 0 aliphatic heterocycles. The summed E-state index contributed by atoms with van der Waals surface area (Å²) in [4.78, 5) is 10.7. The van der Waals surface area contributed by atoms with Crippen LogP contribution in [0.1, 0.15) is 33.6 Å². The molecule has 0 aromatic rings. The Morgan fingerprint density at radius 1 is 1.58 bits per heavy atom. The number of carbonyl (C=O) groups is 1. The minimum Gasteiger partial charge on any atom is -0.480 e. The van der Waals surface area contributed by atoms with Gasteiger partial charge in [-0.1, -0.05) is 20.8 Å². The van der Waals surface area contributed by atoms with E-state index in [1.807, 2.05) is 13.8 Å². The molecule has 1 aliphatic carbocycles. The molecule has 0 aromatic carbocycles. The minimum absolute atomic E-state index is 0.144. The Morgan fingerprint density at radius 2 is 2.00 bits per heavy atom. The van der Waals surface area contributed by atoms with Crippen LogP contribution in [0, 0.1) is 10.8 Å². The molecule has 0 bridgehead atoms. The minimum atomic E-state index is -0.895. The fraction of sp³-hybridized carbons (Fsp3) is 0.889. The predicted octanol–water partition coefficient (Wildman–Crippen LogP) is 1.22. The van der Waals surface area contributed by atoms with Crippen LogP contribution in [0.3, 0.4) is 0 Å². The third kappa shape index (κ3) is 1.22. The maximum atomic E-state index is 10.7. The van der Waals surface area contributed by atoms with Gasteiger partial charge >= 0.3 is 5.97 Å². The van der Waals surface area contributed by atoms with E-state index in [1.54, 1.807) is 0 Å². The maximum absolute atomic E-state index is 10.7. The third-order valence-corrected chi connectivity index (χ3v) is 3.60. The first-order valence-electron chi connectivity index (χ1n) is 4.30. The van der Waals surface area contributed by atoms with Gasteiger partial charge in [0, 0.05) is 0 Å². The molecule has 3 N–H and O–H groups in total. The van der Waals surface area contributed by atoms with Gasteiger partial charge in [0.05, 0.1) is 0 Å². The second-order valence-corrected chi connectivity index (χ2v) is 4.60. The van der Waals surface area contributed by atoms with Gasteiger partial charge in [0.2, 0.25) is 0 Å². The van der Waals surface area contributed by atoms with Crippen LogP contribution in [0.25, 0.3) is 0 Å². The molecule has 1 unspecified atom stereocenters. The largest absolute Gasteiger partial charge is 0.480 e. The standard InChI is InChI=1S/C9H17NO2/c1-8(2,6(10)7(11)12)9(3)4-5-9/h6H,4-5,10H2,1-3H3,(H,11,12). The van der Waals surface area contributed by atoms with Crippen LogP contribution in [0.5, 0.6) is 0 Å². The zero-order valence-electron chi connectivity index (χ0n) is 7.92. The fourth-order valence-corrected chi connectivity index (χ4v) is 1.52. The summed E-state index contributed by atoms with van der Waals surface area (Å²) in [5, 5.41) is 8.78. The van der Waals surface area contributed by atoms with Crippen LogP contribution >= 0.6 is 0 Å². The third-order valence-electron chi connectivity index (χ3n) is 3.60. The van der Waals surface area contributed by atoms with Gasteiger partial charge in [0.15, 0.2) is 0 Å². The number of nitrogens with two attached hydrogens (primary N) is 1. The van der Waals surface area contributed by atoms with Gasteiger partial charge in [0.25, 0.3) is 0 Å². The highest BCUT2D eigenvalue weighted by Gasteiger charge is 2.54. The van der Waals surface area contributed by atoms with Gasteiger partial charge in [0.1, 0.15) is 6.04 Å². The predicted molar refractivity (Wildman–Crippen MR) is 46.7 cm³/mol. The molecule has 3 heteroatoms. The van der Waals surface area contributed by atoms with Crippen molar-refractivity contribution in [2.24, 2.45) is 16.6 Å². The molecular weight excluding hydrogens is 154 g/mol. The summed E-state index contributed by atoms with van der Waals surface area (Å²) in [6.07, 6.45) is 2.20. The zero-order valence-corrected chi connectivity index (χ0v) is 7.92. The molecule has 1 fully saturated rings. The quantitative estimate of drug-likeness (QED) is 0.671. The van der Waals surface area contributed by atoms with Crippen LogP contribution in [0.2, 0.25) is 0 Å². The molecule has 0 heterocycles. The number of aliphatic carboxylic acids is 1. The maximum Gasteiger partial charge on any atom is 0.321 e. The summed E-state index contributed by atoms with van der Waals surface area (Å²) in [5.74, 6) is -0.895. The van der Waals surface area contributed by atoms with E-state index < -0.39 is 12.0 Å². The number of hydrogen-bond donors (Lipinski definition) is 2. The van der Waals surface area contributed by atoms with Crippen molar-refractivity contribution in [1.82, 2.24) is 0 Å². The van der Waals surface area contributed by atoms with Crippen molar-refractivity contribution in [3.05, 3.63) is 0 Å². The van der Waals surface area contributed by atoms with Gasteiger partial charge in [-0.05, 0) is 23.7 Å². The van der Waals surface area contributed by atoms with Gasteiger partial charge in [-0.2, -0.15) is 0 Å². The lowest BCUT2D eigenvalue weighted by Crippen LogP contribution is -2.48. The van der Waals surface area contributed by atoms with Gasteiger partial charge in [-0.3, -0.25) is 4.79 Å². The molecular formula is C9H17NO2. The van der Waals surface area contributed by atoms with E-state index in [2.05, 4.69) is 6.92 Å². The summed E-state index contributed by atoms with van der Waals surface area (Å²) in [6, 6.07) is -0.745. The lowest BCUT2D eigenvalue weighted by molar-refractivity contribution is -0.142. The lowest BCUT2D eigenvalue weighted by atomic mass is 9.71. The molecule has 0 spiro atoms. The highest BCUT2D eigenvalue weighted by Crippen LogP contribution is 2.59. The monoisotopic (exact) mass is 171 g/mol.